The van der Waals surface area contributed by atoms with Gasteiger partial charge in [-0.25, -0.2) is 21.2 Å². The molecule has 1 rings (SSSR count). The zero-order valence-electron chi connectivity index (χ0n) is 6.42. The van der Waals surface area contributed by atoms with Gasteiger partial charge in [0.15, 0.2) is 0 Å². The molecule has 1 fully saturated rings. The van der Waals surface area contributed by atoms with E-state index in [4.69, 9.17) is 0 Å². The lowest BCUT2D eigenvalue weighted by atomic mass is 10.4. The molecule has 90 valence electrons. The fraction of sp³-hybridized carbons (Fsp3) is 1.00. The SMILES string of the molecule is O=S1(=O)NS(=O)(=O)C(F)(F)C(F)C1(F)F. The van der Waals surface area contributed by atoms with Crippen LogP contribution in [0, 0.1) is 0 Å². The van der Waals surface area contributed by atoms with E-state index in [9.17, 15) is 38.8 Å². The van der Waals surface area contributed by atoms with E-state index in [0.717, 1.165) is 0 Å². The Balaban J connectivity index is 3.51. The number of hydrogen-bond donors (Lipinski definition) is 1. The highest BCUT2D eigenvalue weighted by Crippen LogP contribution is 2.44. The first-order valence-corrected chi connectivity index (χ1v) is 6.00. The summed E-state index contributed by atoms with van der Waals surface area (Å²) in [4.78, 5) is 0. The number of rotatable bonds is 0. The van der Waals surface area contributed by atoms with E-state index in [1.165, 1.54) is 0 Å². The first kappa shape index (κ1) is 12.6. The molecule has 1 aliphatic rings. The van der Waals surface area contributed by atoms with Crippen LogP contribution in [-0.2, 0) is 20.0 Å². The Kier molecular flexibility index (Phi) is 2.34. The minimum absolute atomic E-state index is 0.0474. The van der Waals surface area contributed by atoms with Crippen molar-refractivity contribution in [1.82, 2.24) is 4.13 Å². The van der Waals surface area contributed by atoms with Gasteiger partial charge in [-0.2, -0.15) is 17.6 Å². The van der Waals surface area contributed by atoms with Gasteiger partial charge in [0.25, 0.3) is 26.2 Å². The summed E-state index contributed by atoms with van der Waals surface area (Å²) in [7, 11) is -12.0. The van der Waals surface area contributed by atoms with E-state index in [1.54, 1.807) is 0 Å². The molecule has 0 radical (unpaired) electrons. The number of halogens is 5. The van der Waals surface area contributed by atoms with E-state index in [0.29, 0.717) is 0 Å². The Hall–Kier alpha value is -0.490. The van der Waals surface area contributed by atoms with Crippen molar-refractivity contribution >= 4 is 20.0 Å². The van der Waals surface area contributed by atoms with E-state index in [-0.39, 0.29) is 4.13 Å². The van der Waals surface area contributed by atoms with E-state index in [2.05, 4.69) is 0 Å². The number of hydrogen-bond acceptors (Lipinski definition) is 4. The minimum Gasteiger partial charge on any atom is -0.231 e. The normalized spacial score (nSPS) is 32.3. The highest BCUT2D eigenvalue weighted by molar-refractivity contribution is 8.06. The molecule has 0 aliphatic carbocycles. The van der Waals surface area contributed by atoms with E-state index in [1.807, 2.05) is 0 Å². The van der Waals surface area contributed by atoms with Crippen molar-refractivity contribution in [2.24, 2.45) is 0 Å². The summed E-state index contributed by atoms with van der Waals surface area (Å²) in [6, 6.07) is 0. The quantitative estimate of drug-likeness (QED) is 0.619. The highest BCUT2D eigenvalue weighted by atomic mass is 32.3. The van der Waals surface area contributed by atoms with Crippen molar-refractivity contribution < 1.29 is 38.8 Å². The number of sulfonamides is 2. The van der Waals surface area contributed by atoms with Gasteiger partial charge in [-0.15, -0.1) is 0 Å². The van der Waals surface area contributed by atoms with Crippen LogP contribution in [0.4, 0.5) is 22.0 Å². The second-order valence-electron chi connectivity index (χ2n) is 2.58. The maximum absolute atomic E-state index is 12.4. The smallest absolute Gasteiger partial charge is 0.231 e. The standard InChI is InChI=1S/C3H2F5NO4S2/c4-1-2(5,6)14(10,11)9-15(12,13)3(1,7)8/h1,9H. The largest absolute Gasteiger partial charge is 0.397 e. The molecule has 5 nitrogen and oxygen atoms in total. The molecule has 0 atom stereocenters. The Labute approximate surface area is 80.4 Å². The van der Waals surface area contributed by atoms with E-state index >= 15 is 0 Å². The second kappa shape index (κ2) is 2.79. The van der Waals surface area contributed by atoms with Gasteiger partial charge in [0.05, 0.1) is 0 Å². The third kappa shape index (κ3) is 1.42. The fourth-order valence-electron chi connectivity index (χ4n) is 0.724. The zero-order valence-corrected chi connectivity index (χ0v) is 8.05. The molecule has 0 aromatic heterocycles. The zero-order chi connectivity index (χ0) is 12.3. The van der Waals surface area contributed by atoms with Crippen molar-refractivity contribution in [3.05, 3.63) is 0 Å². The van der Waals surface area contributed by atoms with Crippen LogP contribution >= 0.6 is 0 Å². The third-order valence-electron chi connectivity index (χ3n) is 1.53. The Bertz CT molecular complexity index is 436. The molecule has 0 saturated carbocycles. The molecule has 1 saturated heterocycles. The molecule has 15 heavy (non-hydrogen) atoms. The lowest BCUT2D eigenvalue weighted by Gasteiger charge is -2.31. The predicted octanol–water partition coefficient (Wildman–Crippen LogP) is -0.227. The third-order valence-corrected chi connectivity index (χ3v) is 5.13. The van der Waals surface area contributed by atoms with Gasteiger partial charge in [-0.3, -0.25) is 0 Å². The van der Waals surface area contributed by atoms with Crippen LogP contribution in [0.5, 0.6) is 0 Å². The van der Waals surface area contributed by atoms with Gasteiger partial charge in [0.2, 0.25) is 0 Å². The summed E-state index contributed by atoms with van der Waals surface area (Å²) in [6.07, 6.45) is -4.65. The summed E-state index contributed by atoms with van der Waals surface area (Å²) in [5.74, 6) is 0. The highest BCUT2D eigenvalue weighted by Gasteiger charge is 2.74. The molecular formula is C3H2F5NO4S2. The van der Waals surface area contributed by atoms with Gasteiger partial charge in [0, 0.05) is 0 Å². The molecule has 0 aromatic carbocycles. The monoisotopic (exact) mass is 275 g/mol. The van der Waals surface area contributed by atoms with Gasteiger partial charge in [0.1, 0.15) is 0 Å². The predicted molar refractivity (Wildman–Crippen MR) is 35.8 cm³/mol. The number of nitrogens with one attached hydrogen (secondary N) is 1. The Morgan fingerprint density at radius 1 is 0.867 bits per heavy atom. The first-order chi connectivity index (χ1) is 6.36. The van der Waals surface area contributed by atoms with Crippen molar-refractivity contribution in [3.63, 3.8) is 0 Å². The van der Waals surface area contributed by atoms with Crippen LogP contribution in [-0.4, -0.2) is 33.5 Å². The molecule has 1 N–H and O–H groups in total. The van der Waals surface area contributed by atoms with Crippen molar-refractivity contribution in [2.45, 2.75) is 16.7 Å². The summed E-state index contributed by atoms with van der Waals surface area (Å²) in [5, 5.41) is -11.0. The van der Waals surface area contributed by atoms with Gasteiger partial charge in [-0.05, 0) is 0 Å². The molecule has 0 bridgehead atoms. The summed E-state index contributed by atoms with van der Waals surface area (Å²) in [6.45, 7) is 0. The maximum atomic E-state index is 12.4. The molecular weight excluding hydrogens is 273 g/mol. The lowest BCUT2D eigenvalue weighted by molar-refractivity contribution is -0.101. The van der Waals surface area contributed by atoms with Crippen LogP contribution < -0.4 is 4.13 Å². The number of alkyl halides is 5. The van der Waals surface area contributed by atoms with E-state index < -0.39 is 36.7 Å². The Morgan fingerprint density at radius 2 is 1.13 bits per heavy atom. The molecule has 1 heterocycles. The molecule has 1 aliphatic heterocycles. The van der Waals surface area contributed by atoms with Gasteiger partial charge in [-0.1, -0.05) is 4.13 Å². The van der Waals surface area contributed by atoms with Crippen LogP contribution in [0.3, 0.4) is 0 Å². The van der Waals surface area contributed by atoms with Gasteiger partial charge >= 0.3 is 10.5 Å². The van der Waals surface area contributed by atoms with Crippen LogP contribution in [0.1, 0.15) is 0 Å². The van der Waals surface area contributed by atoms with Crippen molar-refractivity contribution in [2.75, 3.05) is 0 Å². The lowest BCUT2D eigenvalue weighted by Crippen LogP contribution is -2.65. The molecule has 12 heteroatoms. The van der Waals surface area contributed by atoms with Crippen molar-refractivity contribution in [1.29, 1.82) is 0 Å². The van der Waals surface area contributed by atoms with Crippen LogP contribution in [0.25, 0.3) is 0 Å². The molecule has 0 aromatic rings. The Morgan fingerprint density at radius 3 is 1.40 bits per heavy atom. The summed E-state index contributed by atoms with van der Waals surface area (Å²) < 4.78 is 104. The summed E-state index contributed by atoms with van der Waals surface area (Å²) in [5.41, 5.74) is 0. The molecule has 0 unspecified atom stereocenters. The second-order valence-corrected chi connectivity index (χ2v) is 6.35. The molecule has 0 spiro atoms. The maximum Gasteiger partial charge on any atom is 0.397 e. The summed E-state index contributed by atoms with van der Waals surface area (Å²) >= 11 is 0. The van der Waals surface area contributed by atoms with Crippen LogP contribution in [0.2, 0.25) is 0 Å². The topological polar surface area (TPSA) is 80.3 Å². The minimum atomic E-state index is -6.02. The average molecular weight is 275 g/mol. The molecule has 0 amide bonds. The first-order valence-electron chi connectivity index (χ1n) is 3.03. The van der Waals surface area contributed by atoms with Crippen LogP contribution in [0.15, 0.2) is 0 Å². The van der Waals surface area contributed by atoms with Crippen molar-refractivity contribution in [3.8, 4) is 0 Å². The average Bonchev–Trinajstić information content (AvgIpc) is 1.98. The fourth-order valence-corrected chi connectivity index (χ4v) is 3.68. The van der Waals surface area contributed by atoms with Gasteiger partial charge < -0.3 is 0 Å².